The van der Waals surface area contributed by atoms with E-state index < -0.39 is 50.9 Å². The second kappa shape index (κ2) is 18.7. The van der Waals surface area contributed by atoms with Crippen molar-refractivity contribution in [2.24, 2.45) is 5.92 Å². The van der Waals surface area contributed by atoms with E-state index in [1.807, 2.05) is 6.92 Å². The normalized spacial score (nSPS) is 18.4. The van der Waals surface area contributed by atoms with Crippen LogP contribution in [0.25, 0.3) is 0 Å². The van der Waals surface area contributed by atoms with Crippen molar-refractivity contribution < 1.29 is 49.6 Å². The summed E-state index contributed by atoms with van der Waals surface area (Å²) in [5.74, 6) is 1.66. The Balaban J connectivity index is 0.000000867. The van der Waals surface area contributed by atoms with Crippen molar-refractivity contribution in [3.63, 3.8) is 0 Å². The highest BCUT2D eigenvalue weighted by molar-refractivity contribution is 8.77. The molecule has 1 heterocycles. The van der Waals surface area contributed by atoms with Gasteiger partial charge in [-0.3, -0.25) is 0 Å². The quantitative estimate of drug-likeness (QED) is 0.101. The zero-order valence-corrected chi connectivity index (χ0v) is 20.8. The first-order valence-electron chi connectivity index (χ1n) is 8.87. The van der Waals surface area contributed by atoms with Gasteiger partial charge in [0.15, 0.2) is 0 Å². The summed E-state index contributed by atoms with van der Waals surface area (Å²) in [6.07, 6.45) is -2.73. The van der Waals surface area contributed by atoms with E-state index in [0.717, 1.165) is 27.3 Å². The van der Waals surface area contributed by atoms with Gasteiger partial charge in [0.25, 0.3) is 25.4 Å². The molecule has 0 saturated carbocycles. The standard InChI is InChI=1S/C6H10N4O12S2.C5H9NO3S2/c11-7(12)19-1-5(21-9(15)16)3-23-24-4-6(22-10(17)18)2-20-8(13)14;1-4-2-10-11-3-5(4)9-6(7)8/h5-6H,1-4H2;4-5H,2-3H2,1H3. The number of hydrogen-bond donors (Lipinski definition) is 0. The van der Waals surface area contributed by atoms with Crippen LogP contribution in [-0.2, 0) is 24.2 Å². The second-order valence-electron chi connectivity index (χ2n) is 5.92. The predicted molar refractivity (Wildman–Crippen MR) is 120 cm³/mol. The molecular weight excluding hydrogens is 570 g/mol. The first-order chi connectivity index (χ1) is 16.4. The Morgan fingerprint density at radius 1 is 0.743 bits per heavy atom. The largest absolute Gasteiger partial charge is 0.312 e. The van der Waals surface area contributed by atoms with E-state index in [0.29, 0.717) is 5.75 Å². The van der Waals surface area contributed by atoms with Gasteiger partial charge in [0.05, 0.1) is 0 Å². The van der Waals surface area contributed by atoms with Crippen LogP contribution < -0.4 is 0 Å². The van der Waals surface area contributed by atoms with E-state index in [1.54, 1.807) is 21.6 Å². The summed E-state index contributed by atoms with van der Waals surface area (Å²) in [6.45, 7) is 0.586. The number of hydrogen-bond acceptors (Lipinski definition) is 19. The third-order valence-corrected chi connectivity index (χ3v) is 8.40. The van der Waals surface area contributed by atoms with Crippen molar-refractivity contribution in [2.45, 2.75) is 25.2 Å². The molecule has 0 amide bonds. The summed E-state index contributed by atoms with van der Waals surface area (Å²) in [6, 6.07) is 0. The average molecular weight is 590 g/mol. The highest BCUT2D eigenvalue weighted by Gasteiger charge is 2.25. The Morgan fingerprint density at radius 3 is 1.51 bits per heavy atom. The van der Waals surface area contributed by atoms with E-state index in [-0.39, 0.29) is 23.5 Å². The summed E-state index contributed by atoms with van der Waals surface area (Å²) in [5.41, 5.74) is 0. The lowest BCUT2D eigenvalue weighted by Gasteiger charge is -2.25. The molecule has 0 aromatic heterocycles. The minimum Gasteiger partial charge on any atom is -0.312 e. The maximum atomic E-state index is 10.2. The van der Waals surface area contributed by atoms with Gasteiger partial charge in [0, 0.05) is 23.0 Å². The highest BCUT2D eigenvalue weighted by atomic mass is 33.1. The fourth-order valence-electron chi connectivity index (χ4n) is 1.78. The summed E-state index contributed by atoms with van der Waals surface area (Å²) >= 11 is 0. The van der Waals surface area contributed by atoms with Gasteiger partial charge < -0.3 is 24.2 Å². The molecule has 0 aliphatic carbocycles. The van der Waals surface area contributed by atoms with Crippen molar-refractivity contribution in [3.8, 4) is 0 Å². The van der Waals surface area contributed by atoms with Crippen LogP contribution in [-0.4, -0.2) is 80.0 Å². The Kier molecular flexibility index (Phi) is 17.3. The number of nitrogens with zero attached hydrogens (tertiary/aromatic N) is 5. The Morgan fingerprint density at radius 2 is 1.17 bits per heavy atom. The Hall–Kier alpha value is -2.60. The maximum Gasteiger partial charge on any atom is 0.294 e. The lowest BCUT2D eigenvalue weighted by atomic mass is 10.1. The van der Waals surface area contributed by atoms with Crippen molar-refractivity contribution in [1.82, 2.24) is 0 Å². The van der Waals surface area contributed by atoms with Gasteiger partial charge in [0.1, 0.15) is 31.5 Å². The smallest absolute Gasteiger partial charge is 0.294 e. The molecule has 4 atom stereocenters. The topological polar surface area (TPSA) is 262 Å². The van der Waals surface area contributed by atoms with E-state index in [9.17, 15) is 50.6 Å². The van der Waals surface area contributed by atoms with Gasteiger partial charge in [-0.2, -0.15) is 0 Å². The minimum atomic E-state index is -1.26. The zero-order chi connectivity index (χ0) is 26.8. The molecule has 0 spiro atoms. The van der Waals surface area contributed by atoms with E-state index in [2.05, 4.69) is 24.2 Å². The molecule has 0 radical (unpaired) electrons. The third-order valence-electron chi connectivity index (χ3n) is 3.30. The zero-order valence-electron chi connectivity index (χ0n) is 17.5. The van der Waals surface area contributed by atoms with Crippen molar-refractivity contribution in [3.05, 3.63) is 50.6 Å². The van der Waals surface area contributed by atoms with Gasteiger partial charge in [-0.25, -0.2) is 0 Å². The summed E-state index contributed by atoms with van der Waals surface area (Å²) < 4.78 is 0. The van der Waals surface area contributed by atoms with Gasteiger partial charge >= 0.3 is 0 Å². The predicted octanol–water partition coefficient (Wildman–Crippen LogP) is 1.53. The van der Waals surface area contributed by atoms with Gasteiger partial charge in [-0.05, 0) is 5.92 Å². The molecule has 4 unspecified atom stereocenters. The summed E-state index contributed by atoms with van der Waals surface area (Å²) in [5, 5.41) is 45.2. The SMILES string of the molecule is CC1CSSCC1O[N+](=O)[O-].O=[N+]([O-])OCC(CSSCC(CO[N+](=O)[O-])O[N+](=O)[O-])O[N+](=O)[O-]. The van der Waals surface area contributed by atoms with E-state index in [1.165, 1.54) is 0 Å². The van der Waals surface area contributed by atoms with Crippen LogP contribution in [0.2, 0.25) is 0 Å². The second-order valence-corrected chi connectivity index (χ2v) is 11.0. The van der Waals surface area contributed by atoms with Crippen LogP contribution in [0.15, 0.2) is 0 Å². The van der Waals surface area contributed by atoms with E-state index in [4.69, 9.17) is 0 Å². The molecule has 20 nitrogen and oxygen atoms in total. The number of rotatable bonds is 17. The van der Waals surface area contributed by atoms with Crippen LogP contribution in [0.4, 0.5) is 0 Å². The first kappa shape index (κ1) is 32.4. The molecule has 1 aliphatic rings. The lowest BCUT2D eigenvalue weighted by Crippen LogP contribution is -2.30. The van der Waals surface area contributed by atoms with Gasteiger partial charge in [-0.1, -0.05) is 50.1 Å². The van der Waals surface area contributed by atoms with Crippen LogP contribution >= 0.6 is 43.2 Å². The average Bonchev–Trinajstić information content (AvgIpc) is 2.74. The molecule has 0 aromatic rings. The molecule has 1 fully saturated rings. The van der Waals surface area contributed by atoms with Gasteiger partial charge in [-0.15, -0.1) is 50.6 Å². The summed E-state index contributed by atoms with van der Waals surface area (Å²) in [7, 11) is 5.19. The van der Waals surface area contributed by atoms with Crippen LogP contribution in [0.5, 0.6) is 0 Å². The highest BCUT2D eigenvalue weighted by Crippen LogP contribution is 2.34. The minimum absolute atomic E-state index is 0.138. The fraction of sp³-hybridized carbons (Fsp3) is 1.00. The fourth-order valence-corrected chi connectivity index (χ4v) is 6.85. The van der Waals surface area contributed by atoms with Gasteiger partial charge in [0.2, 0.25) is 0 Å². The Bertz CT molecular complexity index is 668. The van der Waals surface area contributed by atoms with Crippen LogP contribution in [0, 0.1) is 56.5 Å². The monoisotopic (exact) mass is 589 g/mol. The molecule has 0 aromatic carbocycles. The molecule has 35 heavy (non-hydrogen) atoms. The third kappa shape index (κ3) is 19.4. The van der Waals surface area contributed by atoms with Crippen LogP contribution in [0.1, 0.15) is 6.92 Å². The molecule has 1 aliphatic heterocycles. The Labute approximate surface area is 210 Å². The first-order valence-corrected chi connectivity index (χ1v) is 13.8. The molecule has 0 bridgehead atoms. The molecule has 1 rings (SSSR count). The van der Waals surface area contributed by atoms with Crippen molar-refractivity contribution in [1.29, 1.82) is 0 Å². The summed E-state index contributed by atoms with van der Waals surface area (Å²) in [4.78, 5) is 71.2. The molecule has 202 valence electrons. The van der Waals surface area contributed by atoms with Crippen molar-refractivity contribution >= 4 is 43.2 Å². The lowest BCUT2D eigenvalue weighted by molar-refractivity contribution is -0.788. The molecule has 1 saturated heterocycles. The molecular formula is C11H19N5O15S4. The van der Waals surface area contributed by atoms with Crippen LogP contribution in [0.3, 0.4) is 0 Å². The van der Waals surface area contributed by atoms with E-state index >= 15 is 0 Å². The molecule has 0 N–H and O–H groups in total. The maximum absolute atomic E-state index is 10.2. The van der Waals surface area contributed by atoms with Crippen molar-refractivity contribution in [2.75, 3.05) is 36.2 Å². The molecule has 24 heteroatoms.